The molecule has 148 valence electrons. The molecular formula is C20H35IN4O. The molecule has 1 aliphatic rings. The Morgan fingerprint density at radius 3 is 2.35 bits per heavy atom. The van der Waals surface area contributed by atoms with Gasteiger partial charge in [-0.2, -0.15) is 0 Å². The van der Waals surface area contributed by atoms with Gasteiger partial charge in [0.15, 0.2) is 5.96 Å². The Hall–Kier alpha value is -1.02. The van der Waals surface area contributed by atoms with Crippen molar-refractivity contribution < 1.29 is 4.74 Å². The van der Waals surface area contributed by atoms with Gasteiger partial charge in [-0.15, -0.1) is 24.0 Å². The van der Waals surface area contributed by atoms with Crippen molar-refractivity contribution in [2.24, 2.45) is 4.99 Å². The van der Waals surface area contributed by atoms with E-state index in [1.165, 1.54) is 5.56 Å². The molecule has 1 aliphatic heterocycles. The topological polar surface area (TPSA) is 48.9 Å². The van der Waals surface area contributed by atoms with Gasteiger partial charge in [0, 0.05) is 32.2 Å². The number of nitrogens with one attached hydrogen (secondary N) is 2. The SMILES string of the molecule is CN=C(NCC(C)Oc1ccc(C)cc1)NC1CCN(C(C)C)CC1.I. The number of benzene rings is 1. The average Bonchev–Trinajstić information content (AvgIpc) is 2.61. The number of likely N-dealkylation sites (tertiary alicyclic amines) is 1. The van der Waals surface area contributed by atoms with Crippen LogP contribution in [-0.4, -0.2) is 55.7 Å². The summed E-state index contributed by atoms with van der Waals surface area (Å²) in [7, 11) is 1.82. The van der Waals surface area contributed by atoms with Crippen LogP contribution in [0.15, 0.2) is 29.3 Å². The van der Waals surface area contributed by atoms with E-state index in [0.29, 0.717) is 12.1 Å². The van der Waals surface area contributed by atoms with Gasteiger partial charge >= 0.3 is 0 Å². The van der Waals surface area contributed by atoms with Crippen LogP contribution in [0.2, 0.25) is 0 Å². The van der Waals surface area contributed by atoms with Crippen LogP contribution in [0, 0.1) is 6.92 Å². The van der Waals surface area contributed by atoms with Gasteiger partial charge in [-0.1, -0.05) is 17.7 Å². The molecule has 0 saturated carbocycles. The molecule has 1 aromatic rings. The minimum absolute atomic E-state index is 0. The minimum atomic E-state index is 0. The summed E-state index contributed by atoms with van der Waals surface area (Å²) in [6, 6.07) is 9.30. The standard InChI is InChI=1S/C20H34N4O.HI/c1-15(2)24-12-10-18(11-13-24)23-20(21-5)22-14-17(4)25-19-8-6-16(3)7-9-19;/h6-9,15,17-18H,10-14H2,1-5H3,(H2,21,22,23);1H. The number of aliphatic imine (C=N–C) groups is 1. The number of aryl methyl sites for hydroxylation is 1. The summed E-state index contributed by atoms with van der Waals surface area (Å²) >= 11 is 0. The third-order valence-corrected chi connectivity index (χ3v) is 4.74. The van der Waals surface area contributed by atoms with Crippen LogP contribution < -0.4 is 15.4 Å². The number of halogens is 1. The maximum atomic E-state index is 5.94. The second-order valence-corrected chi connectivity index (χ2v) is 7.24. The number of hydrogen-bond acceptors (Lipinski definition) is 3. The number of guanidine groups is 1. The largest absolute Gasteiger partial charge is 0.489 e. The van der Waals surface area contributed by atoms with Crippen molar-refractivity contribution in [1.29, 1.82) is 0 Å². The highest BCUT2D eigenvalue weighted by Crippen LogP contribution is 2.14. The fraction of sp³-hybridized carbons (Fsp3) is 0.650. The van der Waals surface area contributed by atoms with E-state index in [9.17, 15) is 0 Å². The zero-order valence-electron chi connectivity index (χ0n) is 16.8. The molecule has 1 fully saturated rings. The number of rotatable bonds is 6. The summed E-state index contributed by atoms with van der Waals surface area (Å²) in [5.74, 6) is 1.77. The van der Waals surface area contributed by atoms with Crippen LogP contribution in [0.5, 0.6) is 5.75 Å². The molecule has 5 nitrogen and oxygen atoms in total. The molecular weight excluding hydrogens is 439 g/mol. The van der Waals surface area contributed by atoms with Crippen LogP contribution in [0.3, 0.4) is 0 Å². The van der Waals surface area contributed by atoms with Crippen molar-refractivity contribution >= 4 is 29.9 Å². The van der Waals surface area contributed by atoms with Crippen LogP contribution >= 0.6 is 24.0 Å². The second kappa shape index (κ2) is 11.6. The third kappa shape index (κ3) is 7.70. The molecule has 26 heavy (non-hydrogen) atoms. The Labute approximate surface area is 176 Å². The van der Waals surface area contributed by atoms with Gasteiger partial charge in [-0.3, -0.25) is 4.99 Å². The molecule has 1 heterocycles. The molecule has 2 N–H and O–H groups in total. The Kier molecular flexibility index (Phi) is 10.3. The Balaban J connectivity index is 0.00000338. The van der Waals surface area contributed by atoms with Gasteiger partial charge < -0.3 is 20.3 Å². The first-order chi connectivity index (χ1) is 12.0. The van der Waals surface area contributed by atoms with Gasteiger partial charge in [0.25, 0.3) is 0 Å². The number of piperidine rings is 1. The zero-order chi connectivity index (χ0) is 18.2. The highest BCUT2D eigenvalue weighted by Gasteiger charge is 2.21. The van der Waals surface area contributed by atoms with E-state index in [0.717, 1.165) is 44.2 Å². The van der Waals surface area contributed by atoms with Gasteiger partial charge in [-0.05, 0) is 52.7 Å². The third-order valence-electron chi connectivity index (χ3n) is 4.74. The van der Waals surface area contributed by atoms with Crippen molar-refractivity contribution in [2.45, 2.75) is 58.7 Å². The fourth-order valence-electron chi connectivity index (χ4n) is 3.08. The van der Waals surface area contributed by atoms with Crippen molar-refractivity contribution in [3.63, 3.8) is 0 Å². The molecule has 0 spiro atoms. The Bertz CT molecular complexity index is 539. The summed E-state index contributed by atoms with van der Waals surface area (Å²) in [6.07, 6.45) is 2.40. The number of hydrogen-bond donors (Lipinski definition) is 2. The average molecular weight is 474 g/mol. The lowest BCUT2D eigenvalue weighted by Crippen LogP contribution is -2.50. The minimum Gasteiger partial charge on any atom is -0.489 e. The van der Waals surface area contributed by atoms with Crippen LogP contribution in [0.25, 0.3) is 0 Å². The molecule has 0 radical (unpaired) electrons. The van der Waals surface area contributed by atoms with E-state index in [1.54, 1.807) is 0 Å². The van der Waals surface area contributed by atoms with E-state index >= 15 is 0 Å². The number of nitrogens with zero attached hydrogens (tertiary/aromatic N) is 2. The van der Waals surface area contributed by atoms with E-state index in [2.05, 4.69) is 60.4 Å². The molecule has 0 aromatic heterocycles. The lowest BCUT2D eigenvalue weighted by molar-refractivity contribution is 0.167. The molecule has 0 bridgehead atoms. The van der Waals surface area contributed by atoms with Crippen molar-refractivity contribution in [3.8, 4) is 5.75 Å². The molecule has 1 aromatic carbocycles. The van der Waals surface area contributed by atoms with Gasteiger partial charge in [-0.25, -0.2) is 0 Å². The molecule has 1 unspecified atom stereocenters. The summed E-state index contributed by atoms with van der Waals surface area (Å²) in [4.78, 5) is 6.89. The molecule has 1 atom stereocenters. The molecule has 0 aliphatic carbocycles. The van der Waals surface area contributed by atoms with E-state index in [1.807, 2.05) is 19.2 Å². The highest BCUT2D eigenvalue weighted by molar-refractivity contribution is 14.0. The maximum absolute atomic E-state index is 5.94. The van der Waals surface area contributed by atoms with Gasteiger partial charge in [0.1, 0.15) is 11.9 Å². The lowest BCUT2D eigenvalue weighted by Gasteiger charge is -2.35. The normalized spacial score (nSPS) is 17.5. The second-order valence-electron chi connectivity index (χ2n) is 7.24. The van der Waals surface area contributed by atoms with E-state index in [4.69, 9.17) is 4.74 Å². The molecule has 1 saturated heterocycles. The molecule has 6 heteroatoms. The fourth-order valence-corrected chi connectivity index (χ4v) is 3.08. The van der Waals surface area contributed by atoms with Crippen molar-refractivity contribution in [3.05, 3.63) is 29.8 Å². The predicted octanol–water partition coefficient (Wildman–Crippen LogP) is 3.42. The smallest absolute Gasteiger partial charge is 0.191 e. The first kappa shape index (κ1) is 23.0. The number of ether oxygens (including phenoxy) is 1. The van der Waals surface area contributed by atoms with E-state index < -0.39 is 0 Å². The summed E-state index contributed by atoms with van der Waals surface area (Å²) in [6.45, 7) is 11.7. The summed E-state index contributed by atoms with van der Waals surface area (Å²) in [5.41, 5.74) is 1.24. The molecule has 2 rings (SSSR count). The van der Waals surface area contributed by atoms with Crippen LogP contribution in [-0.2, 0) is 0 Å². The predicted molar refractivity (Wildman–Crippen MR) is 121 cm³/mol. The summed E-state index contributed by atoms with van der Waals surface area (Å²) < 4.78 is 5.94. The lowest BCUT2D eigenvalue weighted by atomic mass is 10.0. The zero-order valence-corrected chi connectivity index (χ0v) is 19.1. The van der Waals surface area contributed by atoms with E-state index in [-0.39, 0.29) is 30.1 Å². The van der Waals surface area contributed by atoms with Crippen LogP contribution in [0.4, 0.5) is 0 Å². The Morgan fingerprint density at radius 1 is 1.19 bits per heavy atom. The van der Waals surface area contributed by atoms with Crippen molar-refractivity contribution in [1.82, 2.24) is 15.5 Å². The first-order valence-corrected chi connectivity index (χ1v) is 9.42. The van der Waals surface area contributed by atoms with Crippen LogP contribution in [0.1, 0.15) is 39.2 Å². The highest BCUT2D eigenvalue weighted by atomic mass is 127. The monoisotopic (exact) mass is 474 g/mol. The quantitative estimate of drug-likeness (QED) is 0.377. The summed E-state index contributed by atoms with van der Waals surface area (Å²) in [5, 5.41) is 6.93. The van der Waals surface area contributed by atoms with Gasteiger partial charge in [0.05, 0.1) is 6.54 Å². The van der Waals surface area contributed by atoms with Crippen molar-refractivity contribution in [2.75, 3.05) is 26.7 Å². The maximum Gasteiger partial charge on any atom is 0.191 e. The molecule has 0 amide bonds. The van der Waals surface area contributed by atoms with Gasteiger partial charge in [0.2, 0.25) is 0 Å². The first-order valence-electron chi connectivity index (χ1n) is 9.42. The Morgan fingerprint density at radius 2 is 1.81 bits per heavy atom.